The van der Waals surface area contributed by atoms with Crippen LogP contribution in [0.1, 0.15) is 18.4 Å². The Labute approximate surface area is 123 Å². The van der Waals surface area contributed by atoms with Gasteiger partial charge in [-0.05, 0) is 25.0 Å². The van der Waals surface area contributed by atoms with Crippen LogP contribution < -0.4 is 10.5 Å². The second kappa shape index (κ2) is 5.99. The normalized spacial score (nSPS) is 21.5. The van der Waals surface area contributed by atoms with Gasteiger partial charge in [0.25, 0.3) is 0 Å². The molecule has 1 saturated heterocycles. The first-order valence-corrected chi connectivity index (χ1v) is 9.66. The summed E-state index contributed by atoms with van der Waals surface area (Å²) in [5.74, 6) is -0.623. The van der Waals surface area contributed by atoms with Crippen molar-refractivity contribution in [3.63, 3.8) is 0 Å². The van der Waals surface area contributed by atoms with E-state index in [1.807, 2.05) is 0 Å². The zero-order chi connectivity index (χ0) is 15.7. The van der Waals surface area contributed by atoms with E-state index in [2.05, 4.69) is 4.72 Å². The summed E-state index contributed by atoms with van der Waals surface area (Å²) in [7, 11) is -7.24. The van der Waals surface area contributed by atoms with Crippen LogP contribution in [0.4, 0.5) is 4.39 Å². The largest absolute Gasteiger partial charge is 0.326 e. The molecule has 1 aliphatic heterocycles. The number of hydrogen-bond donors (Lipinski definition) is 2. The number of rotatable bonds is 5. The van der Waals surface area contributed by atoms with E-state index in [1.165, 1.54) is 12.1 Å². The molecule has 21 heavy (non-hydrogen) atoms. The quantitative estimate of drug-likeness (QED) is 0.795. The molecule has 1 atom stereocenters. The van der Waals surface area contributed by atoms with Crippen LogP contribution in [0.15, 0.2) is 23.1 Å². The zero-order valence-electron chi connectivity index (χ0n) is 11.2. The van der Waals surface area contributed by atoms with Crippen molar-refractivity contribution >= 4 is 19.9 Å². The molecule has 1 aromatic carbocycles. The van der Waals surface area contributed by atoms with Crippen LogP contribution in [-0.2, 0) is 26.4 Å². The van der Waals surface area contributed by atoms with Crippen molar-refractivity contribution in [2.75, 3.05) is 12.3 Å². The van der Waals surface area contributed by atoms with Gasteiger partial charge in [-0.3, -0.25) is 0 Å². The van der Waals surface area contributed by atoms with Crippen molar-refractivity contribution in [3.8, 4) is 0 Å². The molecule has 1 heterocycles. The van der Waals surface area contributed by atoms with E-state index in [-0.39, 0.29) is 29.3 Å². The van der Waals surface area contributed by atoms with Crippen molar-refractivity contribution in [2.24, 2.45) is 5.73 Å². The minimum atomic E-state index is -4.00. The summed E-state index contributed by atoms with van der Waals surface area (Å²) in [6.07, 6.45) is 0.959. The monoisotopic (exact) mass is 336 g/mol. The number of sulfonamides is 1. The van der Waals surface area contributed by atoms with Gasteiger partial charge in [-0.15, -0.1) is 0 Å². The molecule has 1 unspecified atom stereocenters. The molecular weight excluding hydrogens is 319 g/mol. The van der Waals surface area contributed by atoms with Crippen LogP contribution in [0.5, 0.6) is 0 Å². The lowest BCUT2D eigenvalue weighted by atomic mass is 10.2. The summed E-state index contributed by atoms with van der Waals surface area (Å²) in [4.78, 5) is -0.250. The van der Waals surface area contributed by atoms with Crippen LogP contribution in [-0.4, -0.2) is 34.4 Å². The second-order valence-electron chi connectivity index (χ2n) is 4.90. The Morgan fingerprint density at radius 3 is 2.67 bits per heavy atom. The molecule has 9 heteroatoms. The highest BCUT2D eigenvalue weighted by Gasteiger charge is 2.32. The molecule has 0 aliphatic carbocycles. The molecule has 0 radical (unpaired) electrons. The van der Waals surface area contributed by atoms with E-state index in [0.717, 1.165) is 6.07 Å². The molecular formula is C12H17FN2O4S2. The van der Waals surface area contributed by atoms with Crippen LogP contribution in [0.3, 0.4) is 0 Å². The minimum absolute atomic E-state index is 0.0768. The molecule has 1 fully saturated rings. The van der Waals surface area contributed by atoms with E-state index in [9.17, 15) is 21.2 Å². The van der Waals surface area contributed by atoms with Gasteiger partial charge < -0.3 is 5.73 Å². The minimum Gasteiger partial charge on any atom is -0.326 e. The Bertz CT molecular complexity index is 732. The molecule has 0 aromatic heterocycles. The maximum Gasteiger partial charge on any atom is 0.241 e. The van der Waals surface area contributed by atoms with Gasteiger partial charge in [0.2, 0.25) is 10.0 Å². The molecule has 1 aliphatic rings. The van der Waals surface area contributed by atoms with Crippen LogP contribution in [0.25, 0.3) is 0 Å². The lowest BCUT2D eigenvalue weighted by Gasteiger charge is -2.13. The first-order valence-electron chi connectivity index (χ1n) is 6.46. The molecule has 0 amide bonds. The van der Waals surface area contributed by atoms with E-state index in [4.69, 9.17) is 5.73 Å². The number of halogens is 1. The fraction of sp³-hybridized carbons (Fsp3) is 0.500. The highest BCUT2D eigenvalue weighted by molar-refractivity contribution is 7.92. The fourth-order valence-electron chi connectivity index (χ4n) is 2.36. The van der Waals surface area contributed by atoms with Gasteiger partial charge in [0.05, 0.1) is 15.9 Å². The summed E-state index contributed by atoms with van der Waals surface area (Å²) in [6, 6.07) is 3.65. The van der Waals surface area contributed by atoms with Crippen molar-refractivity contribution in [3.05, 3.63) is 29.6 Å². The lowest BCUT2D eigenvalue weighted by molar-refractivity contribution is 0.564. The standard InChI is InChI=1S/C12H17FN2O4S2/c13-11-4-1-5-12(10(11)7-14)21(18,19)15-8-9-3-2-6-20(9,16)17/h1,4-5,9,15H,2-3,6-8,14H2. The SMILES string of the molecule is NCc1c(F)cccc1S(=O)(=O)NCC1CCCS1(=O)=O. The maximum atomic E-state index is 13.6. The summed E-state index contributed by atoms with van der Waals surface area (Å²) in [5.41, 5.74) is 5.27. The summed E-state index contributed by atoms with van der Waals surface area (Å²) >= 11 is 0. The van der Waals surface area contributed by atoms with E-state index in [0.29, 0.717) is 12.8 Å². The highest BCUT2D eigenvalue weighted by atomic mass is 32.2. The molecule has 3 N–H and O–H groups in total. The number of nitrogens with one attached hydrogen (secondary N) is 1. The summed E-state index contributed by atoms with van der Waals surface area (Å²) in [6.45, 7) is -0.462. The lowest BCUT2D eigenvalue weighted by Crippen LogP contribution is -2.35. The molecule has 0 bridgehead atoms. The van der Waals surface area contributed by atoms with E-state index in [1.54, 1.807) is 0 Å². The van der Waals surface area contributed by atoms with Crippen molar-refractivity contribution in [1.29, 1.82) is 0 Å². The molecule has 118 valence electrons. The second-order valence-corrected chi connectivity index (χ2v) is 9.04. The molecule has 6 nitrogen and oxygen atoms in total. The predicted molar refractivity (Wildman–Crippen MR) is 76.3 cm³/mol. The van der Waals surface area contributed by atoms with Crippen molar-refractivity contribution < 1.29 is 21.2 Å². The summed E-state index contributed by atoms with van der Waals surface area (Å²) < 4.78 is 63.6. The van der Waals surface area contributed by atoms with Gasteiger partial charge in [0.15, 0.2) is 9.84 Å². The van der Waals surface area contributed by atoms with Crippen molar-refractivity contribution in [1.82, 2.24) is 4.72 Å². The maximum absolute atomic E-state index is 13.6. The molecule has 2 rings (SSSR count). The Morgan fingerprint density at radius 2 is 2.10 bits per heavy atom. The Morgan fingerprint density at radius 1 is 1.38 bits per heavy atom. The average Bonchev–Trinajstić information content (AvgIpc) is 2.75. The number of hydrogen-bond acceptors (Lipinski definition) is 5. The van der Waals surface area contributed by atoms with Gasteiger partial charge in [0, 0.05) is 18.7 Å². The predicted octanol–water partition coefficient (Wildman–Crippen LogP) is 0.140. The van der Waals surface area contributed by atoms with Gasteiger partial charge in [-0.25, -0.2) is 25.9 Å². The van der Waals surface area contributed by atoms with Gasteiger partial charge >= 0.3 is 0 Å². The number of sulfone groups is 1. The third-order valence-electron chi connectivity index (χ3n) is 3.53. The van der Waals surface area contributed by atoms with Gasteiger partial charge in [-0.2, -0.15) is 0 Å². The first kappa shape index (κ1) is 16.3. The third-order valence-corrected chi connectivity index (χ3v) is 7.32. The Kier molecular flexibility index (Phi) is 4.66. The highest BCUT2D eigenvalue weighted by Crippen LogP contribution is 2.21. The fourth-order valence-corrected chi connectivity index (χ4v) is 5.57. The third kappa shape index (κ3) is 3.42. The zero-order valence-corrected chi connectivity index (χ0v) is 12.9. The van der Waals surface area contributed by atoms with Crippen molar-refractivity contribution in [2.45, 2.75) is 29.5 Å². The van der Waals surface area contributed by atoms with Crippen LogP contribution >= 0.6 is 0 Å². The number of nitrogens with two attached hydrogens (primary N) is 1. The molecule has 1 aromatic rings. The van der Waals surface area contributed by atoms with Gasteiger partial charge in [-0.1, -0.05) is 6.07 Å². The average molecular weight is 336 g/mol. The summed E-state index contributed by atoms with van der Waals surface area (Å²) in [5, 5.41) is -0.720. The van der Waals surface area contributed by atoms with Crippen LogP contribution in [0.2, 0.25) is 0 Å². The van der Waals surface area contributed by atoms with Crippen LogP contribution in [0, 0.1) is 5.82 Å². The van der Waals surface area contributed by atoms with E-state index < -0.39 is 30.9 Å². The molecule has 0 spiro atoms. The smallest absolute Gasteiger partial charge is 0.241 e. The van der Waals surface area contributed by atoms with Gasteiger partial charge in [0.1, 0.15) is 5.82 Å². The number of benzene rings is 1. The Balaban J connectivity index is 2.22. The molecule has 0 saturated carbocycles. The topological polar surface area (TPSA) is 106 Å². The van der Waals surface area contributed by atoms with E-state index >= 15 is 0 Å². The first-order chi connectivity index (χ1) is 9.78. The Hall–Kier alpha value is -1.03.